The number of piperidine rings is 1. The summed E-state index contributed by atoms with van der Waals surface area (Å²) >= 11 is 0. The highest BCUT2D eigenvalue weighted by Crippen LogP contribution is 2.50. The van der Waals surface area contributed by atoms with E-state index in [1.54, 1.807) is 7.11 Å². The maximum atomic E-state index is 14.0. The van der Waals surface area contributed by atoms with Crippen LogP contribution in [0.25, 0.3) is 10.9 Å². The predicted octanol–water partition coefficient (Wildman–Crippen LogP) is 3.59. The molecule has 1 fully saturated rings. The Morgan fingerprint density at radius 2 is 1.94 bits per heavy atom. The Bertz CT molecular complexity index is 1180. The topological polar surface area (TPSA) is 94.7 Å². The number of carbonyl (C=O) groups excluding carboxylic acids is 3. The number of methoxy groups -OCH3 is 1. The summed E-state index contributed by atoms with van der Waals surface area (Å²) in [5, 5.41) is 4.05. The van der Waals surface area contributed by atoms with E-state index in [1.165, 1.54) is 0 Å². The second kappa shape index (κ2) is 9.45. The van der Waals surface area contributed by atoms with Gasteiger partial charge in [-0.05, 0) is 78.1 Å². The van der Waals surface area contributed by atoms with Crippen LogP contribution in [0.4, 0.5) is 0 Å². The second-order valence-corrected chi connectivity index (χ2v) is 11.3. The number of rotatable bonds is 6. The number of carbonyl (C=O) groups is 3. The molecule has 2 aliphatic rings. The fourth-order valence-electron chi connectivity index (χ4n) is 6.13. The fraction of sp³-hybridized carbons (Fsp3) is 0.607. The first-order valence-corrected chi connectivity index (χ1v) is 13.0. The highest BCUT2D eigenvalue weighted by Gasteiger charge is 2.57. The third kappa shape index (κ3) is 4.35. The highest BCUT2D eigenvalue weighted by molar-refractivity contribution is 5.93. The number of aromatic nitrogens is 1. The molecule has 1 aromatic carbocycles. The molecule has 0 aliphatic carbocycles. The lowest BCUT2D eigenvalue weighted by Gasteiger charge is -2.54. The lowest BCUT2D eigenvalue weighted by Crippen LogP contribution is -2.64. The number of hydrogen-bond donors (Lipinski definition) is 2. The molecule has 8 nitrogen and oxygen atoms in total. The third-order valence-corrected chi connectivity index (χ3v) is 7.90. The quantitative estimate of drug-likeness (QED) is 0.639. The minimum Gasteiger partial charge on any atom is -0.497 e. The van der Waals surface area contributed by atoms with Gasteiger partial charge in [-0.2, -0.15) is 0 Å². The Labute approximate surface area is 213 Å². The molecule has 3 amide bonds. The normalized spacial score (nSPS) is 23.8. The van der Waals surface area contributed by atoms with Crippen LogP contribution in [0.1, 0.15) is 65.6 Å². The molecule has 4 rings (SSSR count). The van der Waals surface area contributed by atoms with Gasteiger partial charge in [-0.25, -0.2) is 0 Å². The van der Waals surface area contributed by atoms with E-state index in [0.29, 0.717) is 32.5 Å². The van der Waals surface area contributed by atoms with Gasteiger partial charge in [0.2, 0.25) is 17.7 Å². The predicted molar refractivity (Wildman–Crippen MR) is 140 cm³/mol. The zero-order valence-corrected chi connectivity index (χ0v) is 22.7. The van der Waals surface area contributed by atoms with Crippen molar-refractivity contribution < 1.29 is 19.1 Å². The van der Waals surface area contributed by atoms with Crippen molar-refractivity contribution in [3.8, 4) is 5.75 Å². The minimum absolute atomic E-state index is 0.0327. The van der Waals surface area contributed by atoms with E-state index in [2.05, 4.69) is 10.3 Å². The van der Waals surface area contributed by atoms with Gasteiger partial charge in [0.1, 0.15) is 5.75 Å². The smallest absolute Gasteiger partial charge is 0.228 e. The summed E-state index contributed by atoms with van der Waals surface area (Å²) in [5.41, 5.74) is 1.82. The Morgan fingerprint density at radius 1 is 1.25 bits per heavy atom. The van der Waals surface area contributed by atoms with Crippen LogP contribution in [0, 0.1) is 11.8 Å². The SMILES string of the molecule is CCN(CC)C(=O)[C@H]1CC(CC(=O)NC(C)(C)C)C(=O)N2CCc3c([nH]c4ccc(OC)cc34)[C@]12C. The van der Waals surface area contributed by atoms with Crippen molar-refractivity contribution in [1.29, 1.82) is 0 Å². The first-order valence-electron chi connectivity index (χ1n) is 13.0. The molecule has 0 radical (unpaired) electrons. The summed E-state index contributed by atoms with van der Waals surface area (Å²) in [5.74, 6) is -0.393. The molecular weight excluding hydrogens is 456 g/mol. The molecule has 3 heterocycles. The molecular formula is C28H40N4O4. The van der Waals surface area contributed by atoms with E-state index in [9.17, 15) is 14.4 Å². The molecule has 2 N–H and O–H groups in total. The molecule has 1 aromatic heterocycles. The van der Waals surface area contributed by atoms with Gasteiger partial charge < -0.3 is 24.8 Å². The summed E-state index contributed by atoms with van der Waals surface area (Å²) < 4.78 is 5.46. The van der Waals surface area contributed by atoms with Crippen molar-refractivity contribution >= 4 is 28.6 Å². The fourth-order valence-corrected chi connectivity index (χ4v) is 6.13. The summed E-state index contributed by atoms with van der Waals surface area (Å²) in [6.45, 7) is 13.5. The van der Waals surface area contributed by atoms with Crippen molar-refractivity contribution in [1.82, 2.24) is 20.1 Å². The summed E-state index contributed by atoms with van der Waals surface area (Å²) in [4.78, 5) is 47.9. The average molecular weight is 497 g/mol. The zero-order valence-electron chi connectivity index (χ0n) is 22.7. The molecule has 0 saturated carbocycles. The number of nitrogens with zero attached hydrogens (tertiary/aromatic N) is 2. The monoisotopic (exact) mass is 496 g/mol. The van der Waals surface area contributed by atoms with Crippen molar-refractivity contribution in [2.24, 2.45) is 11.8 Å². The van der Waals surface area contributed by atoms with Crippen molar-refractivity contribution in [2.75, 3.05) is 26.7 Å². The van der Waals surface area contributed by atoms with E-state index < -0.39 is 17.4 Å². The lowest BCUT2D eigenvalue weighted by molar-refractivity contribution is -0.164. The number of amides is 3. The molecule has 196 valence electrons. The Balaban J connectivity index is 1.80. The average Bonchev–Trinajstić information content (AvgIpc) is 3.19. The number of benzene rings is 1. The first kappa shape index (κ1) is 26.0. The highest BCUT2D eigenvalue weighted by atomic mass is 16.5. The minimum atomic E-state index is -0.826. The Morgan fingerprint density at radius 3 is 2.56 bits per heavy atom. The van der Waals surface area contributed by atoms with Gasteiger partial charge in [0.25, 0.3) is 0 Å². The van der Waals surface area contributed by atoms with Gasteiger partial charge in [-0.1, -0.05) is 0 Å². The second-order valence-electron chi connectivity index (χ2n) is 11.3. The van der Waals surface area contributed by atoms with E-state index >= 15 is 0 Å². The zero-order chi connectivity index (χ0) is 26.4. The van der Waals surface area contributed by atoms with E-state index in [0.717, 1.165) is 27.9 Å². The van der Waals surface area contributed by atoms with Crippen molar-refractivity contribution in [3.63, 3.8) is 0 Å². The Kier molecular flexibility index (Phi) is 6.84. The summed E-state index contributed by atoms with van der Waals surface area (Å²) in [6, 6.07) is 5.93. The molecule has 2 aliphatic heterocycles. The number of H-pyrrole nitrogens is 1. The summed E-state index contributed by atoms with van der Waals surface area (Å²) in [6.07, 6.45) is 1.11. The molecule has 2 aromatic rings. The van der Waals surface area contributed by atoms with Gasteiger partial charge >= 0.3 is 0 Å². The number of nitrogens with one attached hydrogen (secondary N) is 2. The molecule has 1 saturated heterocycles. The first-order chi connectivity index (χ1) is 16.9. The van der Waals surface area contributed by atoms with Crippen LogP contribution in [0.5, 0.6) is 5.75 Å². The molecule has 0 spiro atoms. The van der Waals surface area contributed by atoms with Crippen LogP contribution in [0.3, 0.4) is 0 Å². The number of fused-ring (bicyclic) bond motifs is 5. The van der Waals surface area contributed by atoms with Gasteiger partial charge in [0.15, 0.2) is 0 Å². The van der Waals surface area contributed by atoms with Crippen LogP contribution < -0.4 is 10.1 Å². The van der Waals surface area contributed by atoms with Gasteiger partial charge in [0, 0.05) is 54.1 Å². The lowest BCUT2D eigenvalue weighted by atomic mass is 9.67. The third-order valence-electron chi connectivity index (χ3n) is 7.90. The van der Waals surface area contributed by atoms with Gasteiger partial charge in [-0.15, -0.1) is 0 Å². The number of aromatic amines is 1. The Hall–Kier alpha value is -3.03. The van der Waals surface area contributed by atoms with Crippen LogP contribution in [0.2, 0.25) is 0 Å². The van der Waals surface area contributed by atoms with Crippen LogP contribution in [-0.4, -0.2) is 64.8 Å². The maximum Gasteiger partial charge on any atom is 0.228 e. The van der Waals surface area contributed by atoms with Crippen LogP contribution in [0.15, 0.2) is 18.2 Å². The van der Waals surface area contributed by atoms with E-state index in [4.69, 9.17) is 4.74 Å². The van der Waals surface area contributed by atoms with E-state index in [1.807, 2.05) is 69.5 Å². The molecule has 8 heteroatoms. The molecule has 1 unspecified atom stereocenters. The summed E-state index contributed by atoms with van der Waals surface area (Å²) in [7, 11) is 1.65. The van der Waals surface area contributed by atoms with Crippen LogP contribution >= 0.6 is 0 Å². The van der Waals surface area contributed by atoms with Gasteiger partial charge in [0.05, 0.1) is 18.6 Å². The number of hydrogen-bond acceptors (Lipinski definition) is 4. The standard InChI is InChI=1S/C28H40N4O4/c1-8-31(9-2)26(35)21-14-17(15-23(33)30-27(3,4)5)25(34)32-13-12-19-20-16-18(36-7)10-11-22(20)29-24(19)28(21,32)6/h10-11,16-17,21,29H,8-9,12-15H2,1-7H3,(H,30,33)/t17?,21-,28+/m1/s1. The largest absolute Gasteiger partial charge is 0.497 e. The number of ether oxygens (including phenoxy) is 1. The maximum absolute atomic E-state index is 14.0. The van der Waals surface area contributed by atoms with E-state index in [-0.39, 0.29) is 29.7 Å². The van der Waals surface area contributed by atoms with Crippen molar-refractivity contribution in [3.05, 3.63) is 29.5 Å². The van der Waals surface area contributed by atoms with Gasteiger partial charge in [-0.3, -0.25) is 14.4 Å². The molecule has 0 bridgehead atoms. The van der Waals surface area contributed by atoms with Crippen LogP contribution in [-0.2, 0) is 26.3 Å². The molecule has 3 atom stereocenters. The molecule has 36 heavy (non-hydrogen) atoms. The van der Waals surface area contributed by atoms with Crippen molar-refractivity contribution in [2.45, 2.75) is 71.9 Å².